The Morgan fingerprint density at radius 1 is 1.25 bits per heavy atom. The van der Waals surface area contributed by atoms with Crippen molar-refractivity contribution in [2.75, 3.05) is 31.1 Å². The molecule has 0 aliphatic carbocycles. The number of nitrogens with zero attached hydrogens (tertiary/aromatic N) is 1. The van der Waals surface area contributed by atoms with Crippen LogP contribution in [0.3, 0.4) is 0 Å². The zero-order valence-corrected chi connectivity index (χ0v) is 11.1. The molecule has 0 spiro atoms. The molecule has 2 aliphatic rings. The van der Waals surface area contributed by atoms with E-state index in [2.05, 4.69) is 51.3 Å². The van der Waals surface area contributed by atoms with Gasteiger partial charge in [-0.2, -0.15) is 0 Å². The molecule has 1 aromatic carbocycles. The second-order valence-electron chi connectivity index (χ2n) is 5.01. The fourth-order valence-corrected chi connectivity index (χ4v) is 3.50. The molecule has 2 aliphatic heterocycles. The fraction of sp³-hybridized carbons (Fsp3) is 0.538. The number of hydrogen-bond acceptors (Lipinski definition) is 2. The lowest BCUT2D eigenvalue weighted by atomic mass is 10.0. The van der Waals surface area contributed by atoms with Crippen molar-refractivity contribution in [3.8, 4) is 0 Å². The van der Waals surface area contributed by atoms with E-state index in [4.69, 9.17) is 0 Å². The number of benzene rings is 1. The van der Waals surface area contributed by atoms with E-state index < -0.39 is 0 Å². The molecule has 2 unspecified atom stereocenters. The predicted octanol–water partition coefficient (Wildman–Crippen LogP) is 2.41. The summed E-state index contributed by atoms with van der Waals surface area (Å²) >= 11 is 3.52. The van der Waals surface area contributed by atoms with Gasteiger partial charge in [0.1, 0.15) is 0 Å². The SMILES string of the molecule is Cc1cc(Br)ccc1N1CC2CNCC2C1. The Bertz CT molecular complexity index is 393. The minimum atomic E-state index is 0.864. The number of nitrogens with one attached hydrogen (secondary N) is 1. The number of rotatable bonds is 1. The predicted molar refractivity (Wildman–Crippen MR) is 70.9 cm³/mol. The van der Waals surface area contributed by atoms with Gasteiger partial charge in [-0.1, -0.05) is 15.9 Å². The van der Waals surface area contributed by atoms with Crippen molar-refractivity contribution in [1.29, 1.82) is 0 Å². The van der Waals surface area contributed by atoms with Crippen LogP contribution in [-0.4, -0.2) is 26.2 Å². The molecule has 16 heavy (non-hydrogen) atoms. The minimum absolute atomic E-state index is 0.864. The molecule has 2 heterocycles. The summed E-state index contributed by atoms with van der Waals surface area (Å²) in [7, 11) is 0. The number of fused-ring (bicyclic) bond motifs is 1. The fourth-order valence-electron chi connectivity index (χ4n) is 3.03. The monoisotopic (exact) mass is 280 g/mol. The Hall–Kier alpha value is -0.540. The third-order valence-electron chi connectivity index (χ3n) is 3.89. The van der Waals surface area contributed by atoms with Crippen LogP contribution in [0.25, 0.3) is 0 Å². The normalized spacial score (nSPS) is 28.5. The topological polar surface area (TPSA) is 15.3 Å². The lowest BCUT2D eigenvalue weighted by Gasteiger charge is -2.22. The lowest BCUT2D eigenvalue weighted by molar-refractivity contribution is 0.533. The third kappa shape index (κ3) is 1.76. The summed E-state index contributed by atoms with van der Waals surface area (Å²) in [5.74, 6) is 1.73. The lowest BCUT2D eigenvalue weighted by Crippen LogP contribution is -2.25. The van der Waals surface area contributed by atoms with Gasteiger partial charge in [0, 0.05) is 36.3 Å². The second kappa shape index (κ2) is 4.04. The highest BCUT2D eigenvalue weighted by Crippen LogP contribution is 2.33. The van der Waals surface area contributed by atoms with Crippen LogP contribution in [0.1, 0.15) is 5.56 Å². The molecule has 0 aromatic heterocycles. The van der Waals surface area contributed by atoms with E-state index in [-0.39, 0.29) is 0 Å². The molecule has 2 fully saturated rings. The molecule has 2 atom stereocenters. The average molecular weight is 281 g/mol. The van der Waals surface area contributed by atoms with Crippen LogP contribution < -0.4 is 10.2 Å². The van der Waals surface area contributed by atoms with E-state index >= 15 is 0 Å². The van der Waals surface area contributed by atoms with Crippen LogP contribution in [0.5, 0.6) is 0 Å². The molecule has 2 nitrogen and oxygen atoms in total. The minimum Gasteiger partial charge on any atom is -0.371 e. The van der Waals surface area contributed by atoms with E-state index in [0.29, 0.717) is 0 Å². The Morgan fingerprint density at radius 3 is 2.56 bits per heavy atom. The molecular weight excluding hydrogens is 264 g/mol. The van der Waals surface area contributed by atoms with Crippen molar-refractivity contribution in [3.05, 3.63) is 28.2 Å². The molecular formula is C13H17BrN2. The van der Waals surface area contributed by atoms with E-state index in [1.54, 1.807) is 0 Å². The van der Waals surface area contributed by atoms with Gasteiger partial charge in [-0.15, -0.1) is 0 Å². The number of halogens is 1. The number of aryl methyl sites for hydroxylation is 1. The van der Waals surface area contributed by atoms with E-state index in [1.165, 1.54) is 41.9 Å². The highest BCUT2D eigenvalue weighted by atomic mass is 79.9. The van der Waals surface area contributed by atoms with Gasteiger partial charge >= 0.3 is 0 Å². The maximum Gasteiger partial charge on any atom is 0.0396 e. The van der Waals surface area contributed by atoms with Crippen LogP contribution >= 0.6 is 15.9 Å². The zero-order valence-electron chi connectivity index (χ0n) is 9.54. The summed E-state index contributed by atoms with van der Waals surface area (Å²) in [6.45, 7) is 7.06. The summed E-state index contributed by atoms with van der Waals surface area (Å²) in [5.41, 5.74) is 2.79. The first-order valence-electron chi connectivity index (χ1n) is 5.96. The van der Waals surface area contributed by atoms with Gasteiger partial charge in [-0.3, -0.25) is 0 Å². The average Bonchev–Trinajstić information content (AvgIpc) is 2.76. The van der Waals surface area contributed by atoms with Crippen molar-refractivity contribution in [3.63, 3.8) is 0 Å². The molecule has 0 amide bonds. The van der Waals surface area contributed by atoms with Gasteiger partial charge in [0.15, 0.2) is 0 Å². The first kappa shape index (κ1) is 10.6. The maximum absolute atomic E-state index is 3.52. The maximum atomic E-state index is 3.52. The number of anilines is 1. The van der Waals surface area contributed by atoms with Gasteiger partial charge < -0.3 is 10.2 Å². The Labute approximate surface area is 105 Å². The number of hydrogen-bond donors (Lipinski definition) is 1. The van der Waals surface area contributed by atoms with E-state index in [1.807, 2.05) is 0 Å². The third-order valence-corrected chi connectivity index (χ3v) is 4.38. The summed E-state index contributed by atoms with van der Waals surface area (Å²) in [6.07, 6.45) is 0. The van der Waals surface area contributed by atoms with Crippen molar-refractivity contribution in [2.24, 2.45) is 11.8 Å². The van der Waals surface area contributed by atoms with Crippen LogP contribution in [0.4, 0.5) is 5.69 Å². The molecule has 0 radical (unpaired) electrons. The van der Waals surface area contributed by atoms with E-state index in [0.717, 1.165) is 11.8 Å². The van der Waals surface area contributed by atoms with Crippen molar-refractivity contribution in [2.45, 2.75) is 6.92 Å². The van der Waals surface area contributed by atoms with Crippen molar-refractivity contribution in [1.82, 2.24) is 5.32 Å². The molecule has 3 rings (SSSR count). The zero-order chi connectivity index (χ0) is 11.1. The molecule has 1 N–H and O–H groups in total. The van der Waals surface area contributed by atoms with Crippen molar-refractivity contribution >= 4 is 21.6 Å². The summed E-state index contributed by atoms with van der Waals surface area (Å²) in [4.78, 5) is 2.55. The Morgan fingerprint density at radius 2 is 1.94 bits per heavy atom. The van der Waals surface area contributed by atoms with Crippen molar-refractivity contribution < 1.29 is 0 Å². The van der Waals surface area contributed by atoms with Crippen LogP contribution in [-0.2, 0) is 0 Å². The quantitative estimate of drug-likeness (QED) is 0.850. The van der Waals surface area contributed by atoms with Crippen LogP contribution in [0.15, 0.2) is 22.7 Å². The summed E-state index contributed by atoms with van der Waals surface area (Å²) < 4.78 is 1.18. The largest absolute Gasteiger partial charge is 0.371 e. The molecule has 86 valence electrons. The summed E-state index contributed by atoms with van der Waals surface area (Å²) in [6, 6.07) is 6.60. The Balaban J connectivity index is 1.83. The van der Waals surface area contributed by atoms with Gasteiger partial charge in [0.25, 0.3) is 0 Å². The molecule has 2 saturated heterocycles. The van der Waals surface area contributed by atoms with Gasteiger partial charge in [0.05, 0.1) is 0 Å². The molecule has 0 saturated carbocycles. The Kier molecular flexibility index (Phi) is 2.68. The van der Waals surface area contributed by atoms with Gasteiger partial charge in [-0.05, 0) is 42.5 Å². The molecule has 3 heteroatoms. The first-order valence-corrected chi connectivity index (χ1v) is 6.75. The van der Waals surface area contributed by atoms with Crippen LogP contribution in [0.2, 0.25) is 0 Å². The second-order valence-corrected chi connectivity index (χ2v) is 5.93. The molecule has 1 aromatic rings. The standard InChI is InChI=1S/C13H17BrN2/c1-9-4-12(14)2-3-13(9)16-7-10-5-15-6-11(10)8-16/h2-4,10-11,15H,5-8H2,1H3. The highest BCUT2D eigenvalue weighted by molar-refractivity contribution is 9.10. The van der Waals surface area contributed by atoms with E-state index in [9.17, 15) is 0 Å². The van der Waals surface area contributed by atoms with Crippen LogP contribution in [0, 0.1) is 18.8 Å². The van der Waals surface area contributed by atoms with Gasteiger partial charge in [-0.25, -0.2) is 0 Å². The highest BCUT2D eigenvalue weighted by Gasteiger charge is 2.36. The first-order chi connectivity index (χ1) is 7.74. The van der Waals surface area contributed by atoms with Gasteiger partial charge in [0.2, 0.25) is 0 Å². The smallest absolute Gasteiger partial charge is 0.0396 e. The summed E-state index contributed by atoms with van der Waals surface area (Å²) in [5, 5.41) is 3.49. The molecule has 0 bridgehead atoms.